The van der Waals surface area contributed by atoms with Crippen LogP contribution in [-0.4, -0.2) is 33.7 Å². The number of nitrogens with one attached hydrogen (secondary N) is 1. The maximum absolute atomic E-state index is 12.6. The molecule has 0 saturated carbocycles. The van der Waals surface area contributed by atoms with Gasteiger partial charge in [0.1, 0.15) is 5.69 Å². The largest absolute Gasteiger partial charge is 0.493 e. The zero-order valence-electron chi connectivity index (χ0n) is 17.2. The number of benzene rings is 2. The Morgan fingerprint density at radius 3 is 2.65 bits per heavy atom. The number of azo groups is 1. The molecule has 0 bridgehead atoms. The number of carbonyl (C=O) groups excluding carboxylic acids is 1. The highest BCUT2D eigenvalue weighted by Crippen LogP contribution is 2.38. The summed E-state index contributed by atoms with van der Waals surface area (Å²) in [4.78, 5) is 18.4. The lowest BCUT2D eigenvalue weighted by molar-refractivity contribution is -0.927. The number of nitrogens with zero attached hydrogens (tertiary/aromatic N) is 4. The van der Waals surface area contributed by atoms with Gasteiger partial charge in [-0.2, -0.15) is 0 Å². The summed E-state index contributed by atoms with van der Waals surface area (Å²) in [5.41, 5.74) is 2.17. The predicted octanol–water partition coefficient (Wildman–Crippen LogP) is 3.85. The molecule has 31 heavy (non-hydrogen) atoms. The molecule has 1 saturated heterocycles. The number of fused-ring (bicyclic) bond motifs is 2. The summed E-state index contributed by atoms with van der Waals surface area (Å²) in [5, 5.41) is 20.7. The van der Waals surface area contributed by atoms with Crippen molar-refractivity contribution in [3.63, 3.8) is 0 Å². The van der Waals surface area contributed by atoms with Crippen molar-refractivity contribution in [3.05, 3.63) is 66.4 Å². The topological polar surface area (TPSA) is 84.3 Å². The van der Waals surface area contributed by atoms with Gasteiger partial charge in [0.05, 0.1) is 24.1 Å². The molecule has 1 amide bonds. The van der Waals surface area contributed by atoms with Crippen LogP contribution in [0.25, 0.3) is 21.8 Å². The summed E-state index contributed by atoms with van der Waals surface area (Å²) in [7, 11) is 0. The average molecular weight is 414 g/mol. The van der Waals surface area contributed by atoms with Crippen LogP contribution < -0.4 is 4.90 Å². The zero-order chi connectivity index (χ0) is 21.2. The number of quaternary nitrogens is 1. The number of rotatable bonds is 4. The number of piperidine rings is 1. The second-order valence-corrected chi connectivity index (χ2v) is 7.98. The normalized spacial score (nSPS) is 15.2. The smallest absolute Gasteiger partial charge is 0.313 e. The fraction of sp³-hybridized carbons (Fsp3) is 0.250. The molecule has 156 valence electrons. The van der Waals surface area contributed by atoms with Crippen molar-refractivity contribution in [2.45, 2.75) is 25.9 Å². The van der Waals surface area contributed by atoms with Crippen LogP contribution in [0.1, 0.15) is 29.8 Å². The Labute approximate surface area is 179 Å². The van der Waals surface area contributed by atoms with Gasteiger partial charge in [-0.15, -0.1) is 10.2 Å². The number of para-hydroxylation sites is 2. The van der Waals surface area contributed by atoms with Crippen LogP contribution in [-0.2, 0) is 6.67 Å². The van der Waals surface area contributed by atoms with Crippen LogP contribution in [0.3, 0.4) is 0 Å². The number of hydrogen-bond donors (Lipinski definition) is 2. The lowest BCUT2D eigenvalue weighted by atomic mass is 10.1. The Balaban J connectivity index is 1.47. The number of pyridine rings is 1. The molecule has 0 spiro atoms. The van der Waals surface area contributed by atoms with E-state index in [9.17, 15) is 9.90 Å². The first-order valence-corrected chi connectivity index (χ1v) is 10.7. The highest BCUT2D eigenvalue weighted by Gasteiger charge is 2.21. The van der Waals surface area contributed by atoms with E-state index in [1.54, 1.807) is 6.07 Å². The van der Waals surface area contributed by atoms with Crippen molar-refractivity contribution >= 4 is 33.4 Å². The number of amides is 1. The summed E-state index contributed by atoms with van der Waals surface area (Å²) in [5.74, 6) is -0.495. The summed E-state index contributed by atoms with van der Waals surface area (Å²) < 4.78 is 1.88. The molecule has 1 aliphatic heterocycles. The van der Waals surface area contributed by atoms with Gasteiger partial charge in [-0.25, -0.2) is 4.98 Å². The van der Waals surface area contributed by atoms with Crippen LogP contribution in [0.2, 0.25) is 0 Å². The van der Waals surface area contributed by atoms with E-state index in [0.717, 1.165) is 34.9 Å². The minimum atomic E-state index is -0.538. The van der Waals surface area contributed by atoms with Crippen molar-refractivity contribution in [2.24, 2.45) is 10.2 Å². The standard InChI is InChI=1S/C24H23N5O2/c30-23(20-13-12-17-8-2-4-10-19(17)25-20)27-26-22-18-9-3-5-11-21(18)29(24(22)31)16-28-14-6-1-7-15-28/h2-5,8-13,31H,1,6-7,14-16H2/p+1. The van der Waals surface area contributed by atoms with Gasteiger partial charge in [0.25, 0.3) is 0 Å². The van der Waals surface area contributed by atoms with Crippen LogP contribution in [0.4, 0.5) is 5.69 Å². The van der Waals surface area contributed by atoms with Gasteiger partial charge < -0.3 is 10.0 Å². The van der Waals surface area contributed by atoms with Gasteiger partial charge >= 0.3 is 5.91 Å². The molecule has 0 atom stereocenters. The van der Waals surface area contributed by atoms with E-state index in [0.29, 0.717) is 12.4 Å². The molecular weight excluding hydrogens is 390 g/mol. The highest BCUT2D eigenvalue weighted by molar-refractivity contribution is 5.97. The fourth-order valence-electron chi connectivity index (χ4n) is 4.30. The summed E-state index contributed by atoms with van der Waals surface area (Å²) in [6.45, 7) is 2.85. The molecule has 7 heteroatoms. The maximum atomic E-state index is 12.6. The molecule has 0 aliphatic carbocycles. The molecule has 2 aromatic carbocycles. The SMILES string of the molecule is O=C(N=Nc1c(O)n(C[NH+]2CCCCC2)c2ccccc12)c1ccc2ccccc2n1. The Kier molecular flexibility index (Phi) is 5.18. The van der Waals surface area contributed by atoms with Gasteiger partial charge in [0, 0.05) is 10.8 Å². The van der Waals surface area contributed by atoms with Crippen molar-refractivity contribution in [2.75, 3.05) is 13.1 Å². The Morgan fingerprint density at radius 2 is 1.77 bits per heavy atom. The summed E-state index contributed by atoms with van der Waals surface area (Å²) in [6.07, 6.45) is 3.68. The molecular formula is C24H24N5O2+. The molecule has 1 fully saturated rings. The van der Waals surface area contributed by atoms with Gasteiger partial charge in [-0.3, -0.25) is 9.36 Å². The van der Waals surface area contributed by atoms with Crippen LogP contribution in [0, 0.1) is 0 Å². The molecule has 0 unspecified atom stereocenters. The van der Waals surface area contributed by atoms with Gasteiger partial charge in [0.2, 0.25) is 5.88 Å². The Bertz CT molecular complexity index is 1290. The first kappa shape index (κ1) is 19.4. The third kappa shape index (κ3) is 3.80. The van der Waals surface area contributed by atoms with E-state index in [4.69, 9.17) is 0 Å². The van der Waals surface area contributed by atoms with Crippen LogP contribution in [0.5, 0.6) is 5.88 Å². The lowest BCUT2D eigenvalue weighted by Gasteiger charge is -2.24. The van der Waals surface area contributed by atoms with E-state index in [1.807, 2.05) is 59.2 Å². The van der Waals surface area contributed by atoms with Crippen molar-refractivity contribution in [1.82, 2.24) is 9.55 Å². The number of likely N-dealkylation sites (tertiary alicyclic amines) is 1. The van der Waals surface area contributed by atoms with E-state index >= 15 is 0 Å². The van der Waals surface area contributed by atoms with Crippen molar-refractivity contribution in [3.8, 4) is 5.88 Å². The first-order valence-electron chi connectivity index (χ1n) is 10.7. The van der Waals surface area contributed by atoms with E-state index in [1.165, 1.54) is 24.2 Å². The third-order valence-electron chi connectivity index (χ3n) is 5.92. The lowest BCUT2D eigenvalue weighted by Crippen LogP contribution is -3.12. The maximum Gasteiger partial charge on any atom is 0.313 e. The van der Waals surface area contributed by atoms with Crippen LogP contribution >= 0.6 is 0 Å². The molecule has 4 aromatic rings. The fourth-order valence-corrected chi connectivity index (χ4v) is 4.30. The molecule has 5 rings (SSSR count). The second kappa shape index (κ2) is 8.28. The summed E-state index contributed by atoms with van der Waals surface area (Å²) >= 11 is 0. The monoisotopic (exact) mass is 414 g/mol. The van der Waals surface area contributed by atoms with E-state index in [2.05, 4.69) is 15.2 Å². The van der Waals surface area contributed by atoms with Gasteiger partial charge in [0.15, 0.2) is 12.4 Å². The third-order valence-corrected chi connectivity index (χ3v) is 5.92. The zero-order valence-corrected chi connectivity index (χ0v) is 17.2. The molecule has 2 aromatic heterocycles. The average Bonchev–Trinajstić information content (AvgIpc) is 3.08. The predicted molar refractivity (Wildman–Crippen MR) is 119 cm³/mol. The minimum Gasteiger partial charge on any atom is -0.493 e. The molecule has 2 N–H and O–H groups in total. The van der Waals surface area contributed by atoms with Crippen molar-refractivity contribution in [1.29, 1.82) is 0 Å². The van der Waals surface area contributed by atoms with E-state index in [-0.39, 0.29) is 11.6 Å². The number of hydrogen-bond acceptors (Lipinski definition) is 4. The van der Waals surface area contributed by atoms with Crippen LogP contribution in [0.15, 0.2) is 70.9 Å². The second-order valence-electron chi connectivity index (χ2n) is 7.98. The molecule has 7 nitrogen and oxygen atoms in total. The van der Waals surface area contributed by atoms with Crippen molar-refractivity contribution < 1.29 is 14.8 Å². The quantitative estimate of drug-likeness (QED) is 0.498. The van der Waals surface area contributed by atoms with E-state index < -0.39 is 5.91 Å². The highest BCUT2D eigenvalue weighted by atomic mass is 16.3. The summed E-state index contributed by atoms with van der Waals surface area (Å²) in [6, 6.07) is 18.8. The molecule has 1 aliphatic rings. The Morgan fingerprint density at radius 1 is 1.00 bits per heavy atom. The molecule has 3 heterocycles. The first-order chi connectivity index (χ1) is 15.2. The van der Waals surface area contributed by atoms with Gasteiger partial charge in [-0.1, -0.05) is 42.5 Å². The minimum absolute atomic E-state index is 0.0438. The number of aromatic hydroxyl groups is 1. The number of aromatic nitrogens is 2. The Hall–Kier alpha value is -3.58. The molecule has 0 radical (unpaired) electrons. The number of carbonyl (C=O) groups is 1. The van der Waals surface area contributed by atoms with Gasteiger partial charge in [-0.05, 0) is 37.5 Å².